The minimum atomic E-state index is -6.22. The van der Waals surface area contributed by atoms with Crippen molar-refractivity contribution in [3.05, 3.63) is 92.1 Å². The Balaban J connectivity index is 2.18. The quantitative estimate of drug-likeness (QED) is 0.534. The highest BCUT2D eigenvalue weighted by Crippen LogP contribution is 2.55. The van der Waals surface area contributed by atoms with Crippen molar-refractivity contribution in [2.45, 2.75) is 17.9 Å². The number of fused-ring (bicyclic) bond motifs is 1. The molecule has 0 atom stereocenters. The molecule has 0 radical (unpaired) electrons. The third-order valence-corrected chi connectivity index (χ3v) is 4.99. The minimum absolute atomic E-state index is 0.302. The minimum Gasteiger partial charge on any atom is -0.325 e. The first-order valence-electron chi connectivity index (χ1n) is 9.18. The number of nitrogens with one attached hydrogen (secondary N) is 2. The van der Waals surface area contributed by atoms with Gasteiger partial charge in [0.25, 0.3) is 11.1 Å². The van der Waals surface area contributed by atoms with Crippen LogP contribution in [0.5, 0.6) is 0 Å². The Morgan fingerprint density at radius 2 is 1.47 bits per heavy atom. The van der Waals surface area contributed by atoms with Crippen LogP contribution in [0.1, 0.15) is 11.1 Å². The number of nitrogens with zero attached hydrogens (tertiary/aromatic N) is 2. The van der Waals surface area contributed by atoms with Gasteiger partial charge in [-0.05, 0) is 36.4 Å². The number of aromatic amines is 1. The van der Waals surface area contributed by atoms with Gasteiger partial charge in [0, 0.05) is 5.56 Å². The van der Waals surface area contributed by atoms with Gasteiger partial charge in [-0.2, -0.15) is 26.3 Å². The van der Waals surface area contributed by atoms with Crippen LogP contribution in [-0.4, -0.2) is 27.7 Å². The summed E-state index contributed by atoms with van der Waals surface area (Å²) in [7, 11) is 0. The average molecular weight is 490 g/mol. The maximum Gasteiger partial charge on any atom is 0.427 e. The third kappa shape index (κ3) is 3.45. The van der Waals surface area contributed by atoms with Gasteiger partial charge >= 0.3 is 18.0 Å². The molecule has 0 saturated heterocycles. The number of hydrogen-bond donors (Lipinski definition) is 2. The van der Waals surface area contributed by atoms with E-state index < -0.39 is 63.6 Å². The number of aliphatic imine (C=N–C) groups is 1. The molecular weight excluding hydrogens is 480 g/mol. The lowest BCUT2D eigenvalue weighted by molar-refractivity contribution is -0.301. The number of hydrogen-bond acceptors (Lipinski definition) is 4. The van der Waals surface area contributed by atoms with Gasteiger partial charge in [0.15, 0.2) is 0 Å². The molecule has 1 aromatic heterocycles. The smallest absolute Gasteiger partial charge is 0.325 e. The molecule has 0 fully saturated rings. The van der Waals surface area contributed by atoms with Gasteiger partial charge in [-0.25, -0.2) is 23.1 Å². The van der Waals surface area contributed by atoms with E-state index in [0.29, 0.717) is 10.6 Å². The van der Waals surface area contributed by atoms with Crippen molar-refractivity contribution in [2.75, 3.05) is 5.32 Å². The number of benzene rings is 2. The lowest BCUT2D eigenvalue weighted by Crippen LogP contribution is -2.59. The number of amidine groups is 1. The van der Waals surface area contributed by atoms with Crippen molar-refractivity contribution < 1.29 is 35.1 Å². The summed E-state index contributed by atoms with van der Waals surface area (Å²) < 4.78 is 112. The van der Waals surface area contributed by atoms with Crippen LogP contribution in [0.15, 0.2) is 63.1 Å². The van der Waals surface area contributed by atoms with Gasteiger partial charge in [-0.3, -0.25) is 9.78 Å². The monoisotopic (exact) mass is 490 g/mol. The van der Waals surface area contributed by atoms with E-state index in [1.165, 1.54) is 4.98 Å². The summed E-state index contributed by atoms with van der Waals surface area (Å²) in [5.41, 5.74) is -11.4. The van der Waals surface area contributed by atoms with Crippen LogP contribution >= 0.6 is 0 Å². The van der Waals surface area contributed by atoms with Gasteiger partial charge in [-0.1, -0.05) is 12.1 Å². The molecule has 6 nitrogen and oxygen atoms in total. The maximum atomic E-state index is 14.2. The molecule has 4 rings (SSSR count). The number of halogens is 8. The van der Waals surface area contributed by atoms with E-state index in [1.54, 1.807) is 0 Å². The molecule has 0 amide bonds. The van der Waals surface area contributed by atoms with E-state index in [-0.39, 0.29) is 5.69 Å². The first kappa shape index (κ1) is 23.2. The molecule has 2 N–H and O–H groups in total. The fourth-order valence-corrected chi connectivity index (χ4v) is 3.53. The predicted octanol–water partition coefficient (Wildman–Crippen LogP) is 4.00. The molecule has 1 aliphatic heterocycles. The molecule has 3 aromatic rings. The zero-order valence-corrected chi connectivity index (χ0v) is 16.4. The summed E-state index contributed by atoms with van der Waals surface area (Å²) in [4.78, 5) is 29.2. The molecule has 0 unspecified atom stereocenters. The van der Waals surface area contributed by atoms with Crippen LogP contribution in [0.25, 0.3) is 5.69 Å². The highest BCUT2D eigenvalue weighted by Gasteiger charge is 2.75. The summed E-state index contributed by atoms with van der Waals surface area (Å²) in [5, 5.41) is 2.14. The predicted molar refractivity (Wildman–Crippen MR) is 103 cm³/mol. The van der Waals surface area contributed by atoms with Gasteiger partial charge < -0.3 is 5.32 Å². The Labute approximate surface area is 183 Å². The molecule has 2 heterocycles. The van der Waals surface area contributed by atoms with E-state index in [4.69, 9.17) is 0 Å². The molecule has 178 valence electrons. The van der Waals surface area contributed by atoms with E-state index in [2.05, 4.69) is 10.3 Å². The van der Waals surface area contributed by atoms with Crippen LogP contribution < -0.4 is 16.6 Å². The number of aromatic nitrogens is 2. The summed E-state index contributed by atoms with van der Waals surface area (Å²) in [6, 6.07) is 6.88. The van der Waals surface area contributed by atoms with Crippen molar-refractivity contribution in [1.29, 1.82) is 0 Å². The van der Waals surface area contributed by atoms with E-state index in [9.17, 15) is 44.7 Å². The van der Waals surface area contributed by atoms with Crippen LogP contribution in [0.4, 0.5) is 40.9 Å². The molecule has 14 heteroatoms. The first-order valence-corrected chi connectivity index (χ1v) is 9.18. The van der Waals surface area contributed by atoms with Crippen LogP contribution in [0.2, 0.25) is 0 Å². The van der Waals surface area contributed by atoms with Gasteiger partial charge in [0.1, 0.15) is 28.9 Å². The van der Waals surface area contributed by atoms with E-state index >= 15 is 0 Å². The fraction of sp³-hybridized carbons (Fsp3) is 0.150. The number of rotatable bonds is 2. The molecule has 0 saturated carbocycles. The summed E-state index contributed by atoms with van der Waals surface area (Å²) in [6.07, 6.45) is -12.4. The zero-order valence-electron chi connectivity index (χ0n) is 16.4. The Morgan fingerprint density at radius 3 is 2.03 bits per heavy atom. The average Bonchev–Trinajstić information content (AvgIpc) is 2.72. The Hall–Kier alpha value is -3.97. The van der Waals surface area contributed by atoms with Crippen molar-refractivity contribution in [3.63, 3.8) is 0 Å². The van der Waals surface area contributed by atoms with Gasteiger partial charge in [-0.15, -0.1) is 0 Å². The van der Waals surface area contributed by atoms with Gasteiger partial charge in [0.2, 0.25) is 0 Å². The largest absolute Gasteiger partial charge is 0.427 e. The second kappa shape index (κ2) is 7.53. The van der Waals surface area contributed by atoms with Crippen LogP contribution in [0, 0.1) is 11.6 Å². The van der Waals surface area contributed by atoms with Gasteiger partial charge in [0.05, 0.1) is 5.69 Å². The highest BCUT2D eigenvalue weighted by atomic mass is 19.4. The second-order valence-corrected chi connectivity index (χ2v) is 7.10. The molecular formula is C20H10F8N4O2. The molecule has 1 aliphatic rings. The van der Waals surface area contributed by atoms with E-state index in [1.807, 2.05) is 0 Å². The summed E-state index contributed by atoms with van der Waals surface area (Å²) >= 11 is 0. The van der Waals surface area contributed by atoms with Crippen molar-refractivity contribution >= 4 is 11.7 Å². The second-order valence-electron chi connectivity index (χ2n) is 7.10. The maximum absolute atomic E-state index is 14.2. The van der Waals surface area contributed by atoms with Crippen molar-refractivity contribution in [2.24, 2.45) is 4.99 Å². The summed E-state index contributed by atoms with van der Waals surface area (Å²) in [6.45, 7) is 0. The zero-order chi connectivity index (χ0) is 25.1. The molecule has 2 aromatic carbocycles. The molecule has 0 spiro atoms. The van der Waals surface area contributed by atoms with Crippen molar-refractivity contribution in [1.82, 2.24) is 9.55 Å². The normalized spacial score (nSPS) is 15.4. The Kier molecular flexibility index (Phi) is 5.14. The highest BCUT2D eigenvalue weighted by molar-refractivity contribution is 6.10. The van der Waals surface area contributed by atoms with E-state index in [0.717, 1.165) is 42.5 Å². The Bertz CT molecular complexity index is 1400. The standard InChI is InChI=1S/C20H10F8N4O2/c21-10-4-6-12(7-5-10)32-15-13(16(33)30-17(32)34)18(19(23,24)25,20(26,27)28)31-14(29-15)9-2-1-3-11(22)8-9/h1-8H,(H,29,31)(H,30,33,34). The number of alkyl halides is 6. The number of anilines is 1. The summed E-state index contributed by atoms with van der Waals surface area (Å²) in [5.74, 6) is -4.14. The molecule has 34 heavy (non-hydrogen) atoms. The lowest BCUT2D eigenvalue weighted by Gasteiger charge is -2.38. The Morgan fingerprint density at radius 1 is 0.853 bits per heavy atom. The number of H-pyrrole nitrogens is 1. The topological polar surface area (TPSA) is 79.2 Å². The lowest BCUT2D eigenvalue weighted by atomic mass is 9.87. The molecule has 0 bridgehead atoms. The first-order chi connectivity index (χ1) is 15.8. The fourth-order valence-electron chi connectivity index (χ4n) is 3.53. The SMILES string of the molecule is O=c1[nH]c(=O)n(-c2ccc(F)cc2)c2c1C(C(F)(F)F)(C(F)(F)F)N=C(c1cccc(F)c1)N2. The van der Waals surface area contributed by atoms with Crippen LogP contribution in [0.3, 0.4) is 0 Å². The van der Waals surface area contributed by atoms with Crippen LogP contribution in [-0.2, 0) is 5.54 Å². The third-order valence-electron chi connectivity index (χ3n) is 4.99. The van der Waals surface area contributed by atoms with Crippen molar-refractivity contribution in [3.8, 4) is 5.69 Å². The molecule has 0 aliphatic carbocycles.